The Bertz CT molecular complexity index is 1080. The van der Waals surface area contributed by atoms with E-state index in [1.54, 1.807) is 0 Å². The van der Waals surface area contributed by atoms with Gasteiger partial charge in [-0.1, -0.05) is 17.5 Å². The third kappa shape index (κ3) is 6.44. The highest BCUT2D eigenvalue weighted by atomic mass is 35.5. The van der Waals surface area contributed by atoms with Gasteiger partial charge in [0.2, 0.25) is 0 Å². The summed E-state index contributed by atoms with van der Waals surface area (Å²) in [7, 11) is -16.8. The van der Waals surface area contributed by atoms with Crippen molar-refractivity contribution in [2.24, 2.45) is 0 Å². The third-order valence-electron chi connectivity index (χ3n) is 3.59. The second-order valence-corrected chi connectivity index (χ2v) is 10.9. The number of anilines is 1. The van der Waals surface area contributed by atoms with Crippen molar-refractivity contribution < 1.29 is 56.3 Å². The van der Waals surface area contributed by atoms with E-state index >= 15 is 0 Å². The Morgan fingerprint density at radius 3 is 2.42 bits per heavy atom. The van der Waals surface area contributed by atoms with E-state index in [9.17, 15) is 28.5 Å². The molecular weight excluding hydrogens is 511 g/mol. The molecule has 1 fully saturated rings. The minimum atomic E-state index is -5.74. The Morgan fingerprint density at radius 2 is 1.90 bits per heavy atom. The van der Waals surface area contributed by atoms with E-state index in [-0.39, 0.29) is 5.82 Å². The monoisotopic (exact) mass is 525 g/mol. The maximum atomic E-state index is 12.0. The fraction of sp³-hybridized carbons (Fsp3) is 0.455. The number of terminal acetylenes is 1. The fourth-order valence-electron chi connectivity index (χ4n) is 2.39. The molecular formula is C11H15ClN3O13P3. The number of nitrogens with two attached hydrogens (primary N) is 1. The minimum Gasteiger partial charge on any atom is -0.387 e. The molecule has 1 saturated heterocycles. The van der Waals surface area contributed by atoms with Crippen LogP contribution in [-0.4, -0.2) is 57.9 Å². The molecule has 0 radical (unpaired) electrons. The van der Waals surface area contributed by atoms with Gasteiger partial charge in [-0.3, -0.25) is 9.09 Å². The first-order chi connectivity index (χ1) is 14.0. The lowest BCUT2D eigenvalue weighted by atomic mass is 9.99. The zero-order chi connectivity index (χ0) is 23.8. The van der Waals surface area contributed by atoms with Gasteiger partial charge >= 0.3 is 29.2 Å². The molecule has 6 atom stereocenters. The lowest BCUT2D eigenvalue weighted by Gasteiger charge is -2.25. The summed E-state index contributed by atoms with van der Waals surface area (Å²) in [6.07, 6.45) is 1.49. The predicted octanol–water partition coefficient (Wildman–Crippen LogP) is -0.962. The molecule has 1 aromatic rings. The maximum Gasteiger partial charge on any atom is 0.490 e. The zero-order valence-electron chi connectivity index (χ0n) is 14.9. The molecule has 0 aromatic carbocycles. The van der Waals surface area contributed by atoms with Crippen molar-refractivity contribution in [3.05, 3.63) is 22.7 Å². The molecule has 0 aliphatic carbocycles. The molecule has 2 heterocycles. The van der Waals surface area contributed by atoms with E-state index in [1.165, 1.54) is 6.07 Å². The molecule has 20 heteroatoms. The lowest BCUT2D eigenvalue weighted by Crippen LogP contribution is -2.43. The van der Waals surface area contributed by atoms with E-state index < -0.39 is 59.1 Å². The number of rotatable bonds is 8. The summed E-state index contributed by atoms with van der Waals surface area (Å²) >= 11 is 6.20. The van der Waals surface area contributed by atoms with Crippen LogP contribution in [0.3, 0.4) is 0 Å². The lowest BCUT2D eigenvalue weighted by molar-refractivity contribution is -0.0455. The summed E-state index contributed by atoms with van der Waals surface area (Å²) in [6.45, 7) is -1.05. The number of nitrogen functional groups attached to an aromatic ring is 1. The molecule has 0 amide bonds. The number of phosphoric acid groups is 3. The normalized spacial score (nSPS) is 30.3. The van der Waals surface area contributed by atoms with Gasteiger partial charge in [0.15, 0.2) is 11.1 Å². The first-order valence-electron chi connectivity index (χ1n) is 7.63. The predicted molar refractivity (Wildman–Crippen MR) is 100 cm³/mol. The van der Waals surface area contributed by atoms with Crippen LogP contribution in [0.2, 0.25) is 0 Å². The van der Waals surface area contributed by atoms with Crippen LogP contribution in [0.5, 0.6) is 0 Å². The SMILES string of the molecule is C#CC1(Cl)[C@@H](O)[C@@H](COP(=O)(O)OP(=O)(O)OP(=O)(O)O)O[C@H]1n1ccc(N)nc1=O. The highest BCUT2D eigenvalue weighted by molar-refractivity contribution is 7.66. The summed E-state index contributed by atoms with van der Waals surface area (Å²) in [5.74, 6) is 1.90. The van der Waals surface area contributed by atoms with Crippen molar-refractivity contribution in [1.82, 2.24) is 9.55 Å². The average Bonchev–Trinajstić information content (AvgIpc) is 2.82. The maximum absolute atomic E-state index is 12.0. The molecule has 0 bridgehead atoms. The van der Waals surface area contributed by atoms with Gasteiger partial charge in [0.25, 0.3) is 0 Å². The Balaban J connectivity index is 2.18. The Kier molecular flexibility index (Phi) is 7.59. The number of nitrogens with zero attached hydrogens (tertiary/aromatic N) is 2. The summed E-state index contributed by atoms with van der Waals surface area (Å²) in [4.78, 5) is 49.0. The molecule has 1 aliphatic rings. The quantitative estimate of drug-likeness (QED) is 0.136. The standard InChI is InChI=1S/C11H15ClN3O13P3/c1-2-11(12)8(16)6(26-9(11)15-4-3-7(13)14-10(15)17)5-25-30(21,22)28-31(23,24)27-29(18,19)20/h1,3-4,6,8-9,16H,5H2,(H,21,22)(H,23,24)(H2,13,14,17)(H2,18,19,20)/t6-,8+,9-,11?/m1/s1. The van der Waals surface area contributed by atoms with E-state index in [4.69, 9.17) is 43.2 Å². The summed E-state index contributed by atoms with van der Waals surface area (Å²) < 4.78 is 51.4. The number of aliphatic hydroxyl groups excluding tert-OH is 1. The van der Waals surface area contributed by atoms with Gasteiger partial charge in [0, 0.05) is 6.20 Å². The number of phosphoric ester groups is 1. The molecule has 1 aliphatic heterocycles. The van der Waals surface area contributed by atoms with Crippen molar-refractivity contribution in [1.29, 1.82) is 0 Å². The Labute approximate surface area is 178 Å². The van der Waals surface area contributed by atoms with Crippen molar-refractivity contribution in [3.8, 4) is 12.3 Å². The first-order valence-corrected chi connectivity index (χ1v) is 12.5. The molecule has 31 heavy (non-hydrogen) atoms. The number of aliphatic hydroxyl groups is 1. The van der Waals surface area contributed by atoms with Crippen molar-refractivity contribution in [2.75, 3.05) is 12.3 Å². The topological polar surface area (TPSA) is 250 Å². The fourth-order valence-corrected chi connectivity index (χ4v) is 5.71. The number of hydrogen-bond donors (Lipinski definition) is 6. The van der Waals surface area contributed by atoms with Gasteiger partial charge in [-0.15, -0.1) is 6.42 Å². The third-order valence-corrected chi connectivity index (χ3v) is 7.91. The van der Waals surface area contributed by atoms with Gasteiger partial charge in [0.05, 0.1) is 6.61 Å². The number of hydrogen-bond acceptors (Lipinski definition) is 11. The molecule has 2 rings (SSSR count). The summed E-state index contributed by atoms with van der Waals surface area (Å²) in [5, 5.41) is 10.4. The molecule has 3 unspecified atom stereocenters. The van der Waals surface area contributed by atoms with E-state index in [2.05, 4.69) is 18.1 Å². The molecule has 1 aromatic heterocycles. The Hall–Kier alpha value is -1.14. The first kappa shape index (κ1) is 26.1. The van der Waals surface area contributed by atoms with E-state index in [0.29, 0.717) is 0 Å². The average molecular weight is 526 g/mol. The number of alkyl halides is 1. The molecule has 7 N–H and O–H groups in total. The molecule has 174 valence electrons. The van der Waals surface area contributed by atoms with E-state index in [1.807, 2.05) is 5.92 Å². The number of ether oxygens (including phenoxy) is 1. The molecule has 0 saturated carbocycles. The minimum absolute atomic E-state index is 0.134. The van der Waals surface area contributed by atoms with Gasteiger partial charge in [-0.2, -0.15) is 13.6 Å². The summed E-state index contributed by atoms with van der Waals surface area (Å²) in [5.41, 5.74) is 4.43. The van der Waals surface area contributed by atoms with Gasteiger partial charge < -0.3 is 35.2 Å². The van der Waals surface area contributed by atoms with Crippen LogP contribution in [0.15, 0.2) is 17.1 Å². The number of aromatic nitrogens is 2. The summed E-state index contributed by atoms with van der Waals surface area (Å²) in [6, 6.07) is 1.20. The van der Waals surface area contributed by atoms with Crippen LogP contribution < -0.4 is 11.4 Å². The van der Waals surface area contributed by atoms with Gasteiger partial charge in [0.1, 0.15) is 18.0 Å². The van der Waals surface area contributed by atoms with Crippen molar-refractivity contribution >= 4 is 40.9 Å². The largest absolute Gasteiger partial charge is 0.490 e. The van der Waals surface area contributed by atoms with Crippen LogP contribution in [0.25, 0.3) is 0 Å². The van der Waals surface area contributed by atoms with Crippen LogP contribution >= 0.6 is 35.1 Å². The second kappa shape index (κ2) is 9.01. The van der Waals surface area contributed by atoms with E-state index in [0.717, 1.165) is 10.8 Å². The molecule has 0 spiro atoms. The van der Waals surface area contributed by atoms with Crippen molar-refractivity contribution in [3.63, 3.8) is 0 Å². The van der Waals surface area contributed by atoms with Gasteiger partial charge in [-0.25, -0.2) is 18.5 Å². The number of halogens is 1. The van der Waals surface area contributed by atoms with Crippen LogP contribution in [-0.2, 0) is 31.6 Å². The van der Waals surface area contributed by atoms with Crippen LogP contribution in [0.1, 0.15) is 6.23 Å². The van der Waals surface area contributed by atoms with Crippen LogP contribution in [0.4, 0.5) is 5.82 Å². The zero-order valence-corrected chi connectivity index (χ0v) is 18.3. The molecule has 16 nitrogen and oxygen atoms in total. The van der Waals surface area contributed by atoms with Gasteiger partial charge in [-0.05, 0) is 6.07 Å². The smallest absolute Gasteiger partial charge is 0.387 e. The highest BCUT2D eigenvalue weighted by Gasteiger charge is 2.56. The second-order valence-electron chi connectivity index (χ2n) is 5.81. The Morgan fingerprint density at radius 1 is 1.29 bits per heavy atom. The van der Waals surface area contributed by atoms with Crippen molar-refractivity contribution in [2.45, 2.75) is 23.3 Å². The van der Waals surface area contributed by atoms with Crippen LogP contribution in [0, 0.1) is 12.3 Å². The highest BCUT2D eigenvalue weighted by Crippen LogP contribution is 2.66.